The molecule has 0 atom stereocenters. The molecule has 0 unspecified atom stereocenters. The minimum Gasteiger partial charge on any atom is -0.508 e. The molecule has 0 saturated carbocycles. The molecule has 10 heteroatoms. The van der Waals surface area contributed by atoms with E-state index in [1.54, 1.807) is 54.6 Å². The lowest BCUT2D eigenvalue weighted by molar-refractivity contribution is 0.0590. The van der Waals surface area contributed by atoms with E-state index in [1.807, 2.05) is 20.8 Å². The van der Waals surface area contributed by atoms with Crippen LogP contribution >= 0.6 is 0 Å². The van der Waals surface area contributed by atoms with Crippen LogP contribution in [-0.4, -0.2) is 64.5 Å². The van der Waals surface area contributed by atoms with E-state index in [9.17, 15) is 24.6 Å². The molecule has 0 aliphatic carbocycles. The van der Waals surface area contributed by atoms with Crippen molar-refractivity contribution in [2.75, 3.05) is 27.9 Å². The van der Waals surface area contributed by atoms with Crippen LogP contribution in [0.4, 0.5) is 0 Å². The lowest BCUT2D eigenvalue weighted by Gasteiger charge is -2.09. The third-order valence-corrected chi connectivity index (χ3v) is 5.77. The fourth-order valence-electron chi connectivity index (χ4n) is 3.68. The largest absolute Gasteiger partial charge is 0.508 e. The maximum absolute atomic E-state index is 11.4. The number of aromatic hydroxyl groups is 2. The van der Waals surface area contributed by atoms with Crippen LogP contribution in [0.2, 0.25) is 0 Å². The number of phenolic OH excluding ortho intramolecular Hbond substituents is 2. The molecule has 0 bridgehead atoms. The van der Waals surface area contributed by atoms with Gasteiger partial charge in [-0.25, -0.2) is 14.4 Å². The number of esters is 3. The summed E-state index contributed by atoms with van der Waals surface area (Å²) in [4.78, 5) is 33.8. The molecule has 0 saturated heterocycles. The molecule has 0 aliphatic rings. The molecule has 9 nitrogen and oxygen atoms in total. The summed E-state index contributed by atoms with van der Waals surface area (Å²) in [6, 6.07) is 16.4. The van der Waals surface area contributed by atoms with E-state index in [1.165, 1.54) is 27.4 Å². The Balaban J connectivity index is 0.000000653. The first-order valence-corrected chi connectivity index (χ1v) is 13.8. The van der Waals surface area contributed by atoms with Crippen molar-refractivity contribution in [1.29, 1.82) is 0 Å². The molecule has 0 aliphatic heterocycles. The highest BCUT2D eigenvalue weighted by Gasteiger charge is 2.15. The van der Waals surface area contributed by atoms with Crippen molar-refractivity contribution in [1.82, 2.24) is 0 Å². The van der Waals surface area contributed by atoms with Gasteiger partial charge < -0.3 is 29.2 Å². The molecule has 3 rings (SSSR count). The normalized spacial score (nSPS) is 9.43. The summed E-state index contributed by atoms with van der Waals surface area (Å²) in [5, 5.41) is 19.3. The van der Waals surface area contributed by atoms with E-state index in [4.69, 9.17) is 4.74 Å². The number of phenols is 2. The summed E-state index contributed by atoms with van der Waals surface area (Å²) in [7, 11) is 3.97. The first-order chi connectivity index (χ1) is 21.2. The number of ether oxygens (including phenoxy) is 4. The van der Waals surface area contributed by atoms with E-state index >= 15 is 0 Å². The van der Waals surface area contributed by atoms with Gasteiger partial charge >= 0.3 is 17.9 Å². The quantitative estimate of drug-likeness (QED) is 0.110. The number of hydrogen-bond donors (Lipinski definition) is 2. The van der Waals surface area contributed by atoms with Crippen molar-refractivity contribution in [3.8, 4) is 17.2 Å². The van der Waals surface area contributed by atoms with E-state index in [0.29, 0.717) is 47.5 Å². The van der Waals surface area contributed by atoms with E-state index < -0.39 is 11.9 Å². The molecule has 0 spiro atoms. The van der Waals surface area contributed by atoms with Crippen LogP contribution < -0.4 is 4.74 Å². The van der Waals surface area contributed by atoms with Crippen LogP contribution in [0.15, 0.2) is 97.1 Å². The Bertz CT molecular complexity index is 1530. The predicted octanol–water partition coefficient (Wildman–Crippen LogP) is 6.64. The maximum atomic E-state index is 11.4. The summed E-state index contributed by atoms with van der Waals surface area (Å²) in [5.74, 6) is -0.423. The number of allylic oxidation sites excluding steroid dienone is 2. The highest BCUT2D eigenvalue weighted by Crippen LogP contribution is 2.24. The molecular formula is C36H42BO9. The number of carbonyl (C=O) groups excluding carboxylic acids is 3. The lowest BCUT2D eigenvalue weighted by atomic mass is 10.0. The van der Waals surface area contributed by atoms with Crippen LogP contribution in [0.25, 0.3) is 0 Å². The summed E-state index contributed by atoms with van der Waals surface area (Å²) in [6.07, 6.45) is 1.07. The third kappa shape index (κ3) is 14.0. The monoisotopic (exact) mass is 629 g/mol. The summed E-state index contributed by atoms with van der Waals surface area (Å²) in [6.45, 7) is 17.3. The number of carbonyl (C=O) groups is 3. The molecule has 3 aromatic rings. The van der Waals surface area contributed by atoms with Gasteiger partial charge in [0.15, 0.2) is 0 Å². The van der Waals surface area contributed by atoms with E-state index in [0.717, 1.165) is 22.3 Å². The standard InChI is InChI=1S/3C12H14O3.B/c1-8(2)6-9-4-5-10(7-11(9)13)12(14)15-3;1-9(2)8-15-11-6-4-5-10(7-11)12(13)14-3;1-8(2)7-10-9(12(14)15-3)5-4-6-11(10)13;/h4-5,7,13H,1,6H2,2-3H3;4-7H,1,8H2,2-3H3;4-6,13H,1,7H2,2-3H3;. The fourth-order valence-corrected chi connectivity index (χ4v) is 3.68. The van der Waals surface area contributed by atoms with E-state index in [2.05, 4.69) is 33.9 Å². The van der Waals surface area contributed by atoms with Gasteiger partial charge in [-0.15, -0.1) is 0 Å². The van der Waals surface area contributed by atoms with Crippen molar-refractivity contribution in [3.63, 3.8) is 0 Å². The summed E-state index contributed by atoms with van der Waals surface area (Å²) < 4.78 is 19.2. The smallest absolute Gasteiger partial charge is 0.338 e. The Morgan fingerprint density at radius 3 is 1.70 bits per heavy atom. The topological polar surface area (TPSA) is 129 Å². The number of rotatable bonds is 10. The zero-order valence-electron chi connectivity index (χ0n) is 27.3. The number of hydrogen-bond acceptors (Lipinski definition) is 9. The molecular weight excluding hydrogens is 587 g/mol. The highest BCUT2D eigenvalue weighted by atomic mass is 16.5. The third-order valence-electron chi connectivity index (χ3n) is 5.77. The van der Waals surface area contributed by atoms with Gasteiger partial charge in [0, 0.05) is 14.0 Å². The van der Waals surface area contributed by atoms with Crippen molar-refractivity contribution in [3.05, 3.63) is 125 Å². The number of methoxy groups -OCH3 is 3. The molecule has 243 valence electrons. The Labute approximate surface area is 273 Å². The zero-order chi connectivity index (χ0) is 34.1. The Morgan fingerprint density at radius 2 is 1.20 bits per heavy atom. The van der Waals surface area contributed by atoms with Crippen LogP contribution in [0.1, 0.15) is 63.0 Å². The molecule has 3 radical (unpaired) electrons. The predicted molar refractivity (Wildman–Crippen MR) is 180 cm³/mol. The molecule has 46 heavy (non-hydrogen) atoms. The van der Waals surface area contributed by atoms with Crippen molar-refractivity contribution in [2.24, 2.45) is 0 Å². The average Bonchev–Trinajstić information content (AvgIpc) is 3.01. The van der Waals surface area contributed by atoms with Gasteiger partial charge in [0.25, 0.3) is 0 Å². The first kappa shape index (κ1) is 40.8. The Kier molecular flexibility index (Phi) is 18.3. The highest BCUT2D eigenvalue weighted by molar-refractivity contribution is 5.92. The molecule has 2 N–H and O–H groups in total. The second kappa shape index (κ2) is 20.7. The van der Waals surface area contributed by atoms with Gasteiger partial charge in [-0.1, -0.05) is 49.1 Å². The van der Waals surface area contributed by atoms with Crippen LogP contribution in [0.5, 0.6) is 17.2 Å². The average molecular weight is 630 g/mol. The SMILES string of the molecule is C=C(C)COc1cccc(C(=O)OC)c1.C=C(C)Cc1c(O)cccc1C(=O)OC.C=C(C)Cc1ccc(C(=O)OC)cc1O.[B]. The van der Waals surface area contributed by atoms with Gasteiger partial charge in [-0.3, -0.25) is 0 Å². The number of benzene rings is 3. The zero-order valence-corrected chi connectivity index (χ0v) is 27.3. The fraction of sp³-hybridized carbons (Fsp3) is 0.250. The van der Waals surface area contributed by atoms with Gasteiger partial charge in [-0.2, -0.15) is 0 Å². The Morgan fingerprint density at radius 1 is 0.652 bits per heavy atom. The van der Waals surface area contributed by atoms with Crippen LogP contribution in [-0.2, 0) is 27.1 Å². The van der Waals surface area contributed by atoms with Gasteiger partial charge in [-0.05, 0) is 87.2 Å². The van der Waals surface area contributed by atoms with Gasteiger partial charge in [0.1, 0.15) is 23.9 Å². The molecule has 0 heterocycles. The minimum atomic E-state index is -0.452. The minimum absolute atomic E-state index is 0. The van der Waals surface area contributed by atoms with Gasteiger partial charge in [0.05, 0.1) is 38.0 Å². The van der Waals surface area contributed by atoms with Crippen LogP contribution in [0, 0.1) is 0 Å². The van der Waals surface area contributed by atoms with Crippen molar-refractivity contribution >= 4 is 26.3 Å². The van der Waals surface area contributed by atoms with Crippen molar-refractivity contribution in [2.45, 2.75) is 33.6 Å². The molecule has 0 amide bonds. The first-order valence-electron chi connectivity index (χ1n) is 13.8. The van der Waals surface area contributed by atoms with Crippen LogP contribution in [0.3, 0.4) is 0 Å². The molecule has 0 fully saturated rings. The molecule has 0 aromatic heterocycles. The summed E-state index contributed by atoms with van der Waals surface area (Å²) >= 11 is 0. The summed E-state index contributed by atoms with van der Waals surface area (Å²) in [5.41, 5.74) is 5.31. The second-order valence-corrected chi connectivity index (χ2v) is 10.2. The van der Waals surface area contributed by atoms with Crippen molar-refractivity contribution < 1.29 is 43.5 Å². The molecule has 3 aromatic carbocycles. The maximum Gasteiger partial charge on any atom is 0.338 e. The van der Waals surface area contributed by atoms with Gasteiger partial charge in [0.2, 0.25) is 0 Å². The lowest BCUT2D eigenvalue weighted by Crippen LogP contribution is -2.06. The second-order valence-electron chi connectivity index (χ2n) is 10.2. The Hall–Kier alpha value is -5.25. The van der Waals surface area contributed by atoms with E-state index in [-0.39, 0.29) is 25.9 Å².